The van der Waals surface area contributed by atoms with Crippen molar-refractivity contribution in [2.24, 2.45) is 4.99 Å². The zero-order chi connectivity index (χ0) is 20.7. The average molecular weight is 427 g/mol. The third-order valence-electron chi connectivity index (χ3n) is 4.52. The first-order chi connectivity index (χ1) is 13.9. The van der Waals surface area contributed by atoms with Gasteiger partial charge in [0.25, 0.3) is 0 Å². The number of hydrogen-bond acceptors (Lipinski definition) is 5. The van der Waals surface area contributed by atoms with Gasteiger partial charge in [-0.3, -0.25) is 4.99 Å². The van der Waals surface area contributed by atoms with Crippen molar-refractivity contribution in [2.45, 2.75) is 31.6 Å². The molecule has 2 N–H and O–H groups in total. The molecule has 1 fully saturated rings. The Labute approximate surface area is 171 Å². The van der Waals surface area contributed by atoms with Crippen LogP contribution in [0.15, 0.2) is 40.8 Å². The predicted molar refractivity (Wildman–Crippen MR) is 109 cm³/mol. The van der Waals surface area contributed by atoms with E-state index < -0.39 is 12.8 Å². The number of aliphatic imine (C=N–C) groups is 1. The van der Waals surface area contributed by atoms with Crippen LogP contribution in [0.25, 0.3) is 0 Å². The van der Waals surface area contributed by atoms with E-state index in [-0.39, 0.29) is 5.88 Å². The van der Waals surface area contributed by atoms with Crippen LogP contribution < -0.4 is 20.3 Å². The van der Waals surface area contributed by atoms with Gasteiger partial charge in [-0.25, -0.2) is 4.98 Å². The number of anilines is 1. The summed E-state index contributed by atoms with van der Waals surface area (Å²) in [6, 6.07) is 7.66. The third-order valence-corrected chi connectivity index (χ3v) is 5.45. The van der Waals surface area contributed by atoms with Gasteiger partial charge in [0.15, 0.2) is 12.6 Å². The Hall–Kier alpha value is -2.49. The predicted octanol–water partition coefficient (Wildman–Crippen LogP) is 3.42. The van der Waals surface area contributed by atoms with E-state index in [1.807, 2.05) is 0 Å². The van der Waals surface area contributed by atoms with Crippen LogP contribution in [0.3, 0.4) is 0 Å². The number of guanidine groups is 1. The Balaban J connectivity index is 1.41. The summed E-state index contributed by atoms with van der Waals surface area (Å²) >= 11 is 1.76. The van der Waals surface area contributed by atoms with Crippen molar-refractivity contribution in [1.82, 2.24) is 15.6 Å². The fourth-order valence-corrected chi connectivity index (χ4v) is 3.81. The number of halogens is 3. The lowest BCUT2D eigenvalue weighted by atomic mass is 10.1. The molecule has 1 aliphatic rings. The van der Waals surface area contributed by atoms with Crippen LogP contribution in [-0.4, -0.2) is 49.9 Å². The zero-order valence-electron chi connectivity index (χ0n) is 16.1. The van der Waals surface area contributed by atoms with Gasteiger partial charge in [-0.1, -0.05) is 6.07 Å². The first-order valence-electron chi connectivity index (χ1n) is 9.33. The molecule has 1 aliphatic heterocycles. The lowest BCUT2D eigenvalue weighted by Crippen LogP contribution is -2.48. The Kier molecular flexibility index (Phi) is 7.18. The number of thiophene rings is 1. The Morgan fingerprint density at radius 3 is 2.69 bits per heavy atom. The zero-order valence-corrected chi connectivity index (χ0v) is 16.9. The Morgan fingerprint density at radius 1 is 1.31 bits per heavy atom. The second kappa shape index (κ2) is 9.82. The maximum Gasteiger partial charge on any atom is 0.422 e. The molecule has 0 bridgehead atoms. The van der Waals surface area contributed by atoms with Crippen LogP contribution in [0.4, 0.5) is 18.2 Å². The largest absolute Gasteiger partial charge is 0.468 e. The first-order valence-corrected chi connectivity index (χ1v) is 10.2. The van der Waals surface area contributed by atoms with Gasteiger partial charge in [0.1, 0.15) is 0 Å². The molecule has 0 radical (unpaired) electrons. The van der Waals surface area contributed by atoms with Crippen LogP contribution in [0.2, 0.25) is 0 Å². The summed E-state index contributed by atoms with van der Waals surface area (Å²) in [6.45, 7) is 1.11. The summed E-state index contributed by atoms with van der Waals surface area (Å²) in [4.78, 5) is 10.6. The van der Waals surface area contributed by atoms with Gasteiger partial charge in [-0.05, 0) is 35.9 Å². The molecule has 6 nitrogen and oxygen atoms in total. The summed E-state index contributed by atoms with van der Waals surface area (Å²) in [7, 11) is 1.71. The summed E-state index contributed by atoms with van der Waals surface area (Å²) in [5.74, 6) is 0.642. The Bertz CT molecular complexity index is 772. The smallest absolute Gasteiger partial charge is 0.422 e. The summed E-state index contributed by atoms with van der Waals surface area (Å²) in [5, 5.41) is 10.0. The molecule has 0 atom stereocenters. The van der Waals surface area contributed by atoms with Crippen molar-refractivity contribution in [2.75, 3.05) is 31.6 Å². The molecular formula is C19H24F3N5OS. The normalized spacial score (nSPS) is 16.0. The van der Waals surface area contributed by atoms with E-state index in [9.17, 15) is 13.2 Å². The molecule has 0 unspecified atom stereocenters. The molecule has 10 heteroatoms. The van der Waals surface area contributed by atoms with Gasteiger partial charge >= 0.3 is 6.18 Å². The molecule has 29 heavy (non-hydrogen) atoms. The maximum atomic E-state index is 12.2. The number of alkyl halides is 3. The van der Waals surface area contributed by atoms with Gasteiger partial charge in [0.2, 0.25) is 5.88 Å². The van der Waals surface area contributed by atoms with E-state index in [1.165, 1.54) is 17.3 Å². The molecule has 0 aliphatic carbocycles. The van der Waals surface area contributed by atoms with E-state index in [0.717, 1.165) is 31.5 Å². The minimum Gasteiger partial charge on any atom is -0.468 e. The molecule has 1 saturated heterocycles. The van der Waals surface area contributed by atoms with Crippen molar-refractivity contribution < 1.29 is 17.9 Å². The standard InChI is InChI=1S/C19H24F3N5OS/c1-23-18(26-15-6-8-27(9-7-15)17-3-2-10-29-17)25-12-14-4-5-16(24-11-14)28-13-19(20,21)22/h2-5,10-11,15H,6-9,12-13H2,1H3,(H2,23,25,26). The summed E-state index contributed by atoms with van der Waals surface area (Å²) in [6.07, 6.45) is -0.845. The average Bonchev–Trinajstić information content (AvgIpc) is 3.25. The number of ether oxygens (including phenoxy) is 1. The Morgan fingerprint density at radius 2 is 2.10 bits per heavy atom. The van der Waals surface area contributed by atoms with Crippen molar-refractivity contribution in [3.8, 4) is 5.88 Å². The molecule has 0 saturated carbocycles. The fraction of sp³-hybridized carbons (Fsp3) is 0.474. The van der Waals surface area contributed by atoms with Gasteiger partial charge in [-0.15, -0.1) is 11.3 Å². The highest BCUT2D eigenvalue weighted by molar-refractivity contribution is 7.14. The second-order valence-electron chi connectivity index (χ2n) is 6.69. The number of nitrogens with zero attached hydrogens (tertiary/aromatic N) is 3. The number of nitrogens with one attached hydrogen (secondary N) is 2. The van der Waals surface area contributed by atoms with E-state index in [4.69, 9.17) is 0 Å². The minimum atomic E-state index is -4.38. The summed E-state index contributed by atoms with van der Waals surface area (Å²) < 4.78 is 41.1. The molecule has 2 aromatic rings. The number of hydrogen-bond donors (Lipinski definition) is 2. The topological polar surface area (TPSA) is 61.8 Å². The third kappa shape index (κ3) is 6.81. The molecule has 0 spiro atoms. The van der Waals surface area contributed by atoms with Crippen LogP contribution in [0.5, 0.6) is 5.88 Å². The highest BCUT2D eigenvalue weighted by atomic mass is 32.1. The van der Waals surface area contributed by atoms with Gasteiger partial charge in [0.05, 0.1) is 5.00 Å². The molecule has 158 valence electrons. The van der Waals surface area contributed by atoms with Crippen LogP contribution in [-0.2, 0) is 6.54 Å². The summed E-state index contributed by atoms with van der Waals surface area (Å²) in [5.41, 5.74) is 0.819. The van der Waals surface area contributed by atoms with E-state index in [2.05, 4.69) is 47.8 Å². The second-order valence-corrected chi connectivity index (χ2v) is 7.62. The van der Waals surface area contributed by atoms with Crippen molar-refractivity contribution in [3.63, 3.8) is 0 Å². The molecule has 3 rings (SSSR count). The number of piperidine rings is 1. The molecule has 0 aromatic carbocycles. The maximum absolute atomic E-state index is 12.2. The van der Waals surface area contributed by atoms with E-state index in [1.54, 1.807) is 24.5 Å². The monoisotopic (exact) mass is 427 g/mol. The van der Waals surface area contributed by atoms with Crippen molar-refractivity contribution >= 4 is 22.3 Å². The minimum absolute atomic E-state index is 0.0499. The van der Waals surface area contributed by atoms with Crippen molar-refractivity contribution in [3.05, 3.63) is 41.4 Å². The molecule has 2 aromatic heterocycles. The van der Waals surface area contributed by atoms with Crippen LogP contribution >= 0.6 is 11.3 Å². The molecule has 0 amide bonds. The number of aromatic nitrogens is 1. The van der Waals surface area contributed by atoms with Crippen LogP contribution in [0, 0.1) is 0 Å². The van der Waals surface area contributed by atoms with E-state index in [0.29, 0.717) is 18.5 Å². The highest BCUT2D eigenvalue weighted by Gasteiger charge is 2.28. The van der Waals surface area contributed by atoms with Gasteiger partial charge in [0, 0.05) is 45.0 Å². The fourth-order valence-electron chi connectivity index (χ4n) is 3.02. The quantitative estimate of drug-likeness (QED) is 0.547. The highest BCUT2D eigenvalue weighted by Crippen LogP contribution is 2.24. The number of rotatable bonds is 6. The van der Waals surface area contributed by atoms with Crippen molar-refractivity contribution in [1.29, 1.82) is 0 Å². The molecule has 3 heterocycles. The van der Waals surface area contributed by atoms with Gasteiger partial charge < -0.3 is 20.3 Å². The van der Waals surface area contributed by atoms with E-state index >= 15 is 0 Å². The first kappa shape index (κ1) is 21.2. The number of pyridine rings is 1. The van der Waals surface area contributed by atoms with Crippen LogP contribution in [0.1, 0.15) is 18.4 Å². The lowest BCUT2D eigenvalue weighted by molar-refractivity contribution is -0.154. The van der Waals surface area contributed by atoms with Gasteiger partial charge in [-0.2, -0.15) is 13.2 Å². The lowest BCUT2D eigenvalue weighted by Gasteiger charge is -2.33. The molecular weight excluding hydrogens is 403 g/mol. The SMILES string of the molecule is CN=C(NCc1ccc(OCC(F)(F)F)nc1)NC1CCN(c2cccs2)CC1.